The van der Waals surface area contributed by atoms with Crippen LogP contribution in [0.2, 0.25) is 0 Å². The second-order valence-corrected chi connectivity index (χ2v) is 4.02. The van der Waals surface area contributed by atoms with Gasteiger partial charge in [0.1, 0.15) is 0 Å². The molecule has 88 valence electrons. The van der Waals surface area contributed by atoms with Crippen molar-refractivity contribution >= 4 is 5.91 Å². The Morgan fingerprint density at radius 1 is 1.47 bits per heavy atom. The smallest absolute Gasteiger partial charge is 0.255 e. The second kappa shape index (κ2) is 6.00. The van der Waals surface area contributed by atoms with Crippen LogP contribution in [0.1, 0.15) is 25.7 Å². The summed E-state index contributed by atoms with van der Waals surface area (Å²) in [6.45, 7) is -0.0121. The summed E-state index contributed by atoms with van der Waals surface area (Å²) in [5.41, 5.74) is 5.28. The summed E-state index contributed by atoms with van der Waals surface area (Å²) >= 11 is 0. The first-order valence-corrected chi connectivity index (χ1v) is 5.39. The van der Waals surface area contributed by atoms with Gasteiger partial charge in [-0.3, -0.25) is 4.79 Å². The highest BCUT2D eigenvalue weighted by Crippen LogP contribution is 2.29. The first-order valence-electron chi connectivity index (χ1n) is 5.39. The molecule has 0 bridgehead atoms. The summed E-state index contributed by atoms with van der Waals surface area (Å²) in [6, 6.07) is 0. The molecule has 0 aromatic rings. The van der Waals surface area contributed by atoms with Gasteiger partial charge in [-0.05, 0) is 18.8 Å². The molecule has 1 fully saturated rings. The molecule has 1 aliphatic rings. The van der Waals surface area contributed by atoms with Crippen molar-refractivity contribution < 1.29 is 13.6 Å². The minimum Gasteiger partial charge on any atom is -0.336 e. The first-order chi connectivity index (χ1) is 7.13. The van der Waals surface area contributed by atoms with E-state index in [0.717, 1.165) is 19.3 Å². The molecule has 0 aromatic heterocycles. The maximum Gasteiger partial charge on any atom is 0.255 e. The maximum absolute atomic E-state index is 12.2. The van der Waals surface area contributed by atoms with Crippen LogP contribution >= 0.6 is 0 Å². The average Bonchev–Trinajstić information content (AvgIpc) is 2.09. The van der Waals surface area contributed by atoms with Gasteiger partial charge in [0.25, 0.3) is 6.43 Å². The van der Waals surface area contributed by atoms with Gasteiger partial charge in [-0.15, -0.1) is 0 Å². The van der Waals surface area contributed by atoms with Gasteiger partial charge < -0.3 is 10.6 Å². The van der Waals surface area contributed by atoms with Crippen molar-refractivity contribution in [2.75, 3.05) is 19.6 Å². The van der Waals surface area contributed by atoms with Crippen molar-refractivity contribution in [1.82, 2.24) is 4.90 Å². The van der Waals surface area contributed by atoms with Crippen molar-refractivity contribution in [3.05, 3.63) is 0 Å². The summed E-state index contributed by atoms with van der Waals surface area (Å²) in [6.07, 6.45) is 1.20. The molecule has 0 spiro atoms. The van der Waals surface area contributed by atoms with Crippen molar-refractivity contribution in [2.24, 2.45) is 11.7 Å². The van der Waals surface area contributed by atoms with Crippen LogP contribution in [0.5, 0.6) is 0 Å². The molecule has 3 nitrogen and oxygen atoms in total. The quantitative estimate of drug-likeness (QED) is 0.731. The number of carbonyl (C=O) groups excluding carboxylic acids is 1. The standard InChI is InChI=1S/C10H18F2N2O/c11-9(12)7-14(5-4-13)10(15)6-8-2-1-3-8/h8-9H,1-7,13H2. The summed E-state index contributed by atoms with van der Waals surface area (Å²) in [7, 11) is 0. The Kier molecular flexibility index (Phi) is 4.94. The van der Waals surface area contributed by atoms with Crippen LogP contribution in [-0.4, -0.2) is 36.9 Å². The normalized spacial score (nSPS) is 16.5. The molecule has 5 heteroatoms. The number of carbonyl (C=O) groups is 1. The number of rotatable bonds is 6. The number of alkyl halides is 2. The van der Waals surface area contributed by atoms with E-state index in [9.17, 15) is 13.6 Å². The topological polar surface area (TPSA) is 46.3 Å². The van der Waals surface area contributed by atoms with Gasteiger partial charge in [0, 0.05) is 19.5 Å². The van der Waals surface area contributed by atoms with Crippen molar-refractivity contribution in [2.45, 2.75) is 32.1 Å². The number of hydrogen-bond acceptors (Lipinski definition) is 2. The fourth-order valence-electron chi connectivity index (χ4n) is 1.71. The fraction of sp³-hybridized carbons (Fsp3) is 0.900. The zero-order chi connectivity index (χ0) is 11.3. The lowest BCUT2D eigenvalue weighted by Crippen LogP contribution is -2.40. The summed E-state index contributed by atoms with van der Waals surface area (Å²) in [4.78, 5) is 12.8. The fourth-order valence-corrected chi connectivity index (χ4v) is 1.71. The minimum absolute atomic E-state index is 0.176. The van der Waals surface area contributed by atoms with Crippen LogP contribution in [0.3, 0.4) is 0 Å². The molecule has 15 heavy (non-hydrogen) atoms. The Bertz CT molecular complexity index is 208. The number of amides is 1. The van der Waals surface area contributed by atoms with Gasteiger partial charge in [-0.2, -0.15) is 0 Å². The molecule has 0 aliphatic heterocycles. The van der Waals surface area contributed by atoms with Crippen LogP contribution in [0.25, 0.3) is 0 Å². The van der Waals surface area contributed by atoms with Gasteiger partial charge in [-0.25, -0.2) is 8.78 Å². The monoisotopic (exact) mass is 220 g/mol. The molecular weight excluding hydrogens is 202 g/mol. The van der Waals surface area contributed by atoms with Crippen LogP contribution in [-0.2, 0) is 4.79 Å². The van der Waals surface area contributed by atoms with E-state index in [0.29, 0.717) is 12.3 Å². The zero-order valence-electron chi connectivity index (χ0n) is 8.79. The van der Waals surface area contributed by atoms with Gasteiger partial charge in [0.15, 0.2) is 0 Å². The van der Waals surface area contributed by atoms with Crippen molar-refractivity contribution in [3.63, 3.8) is 0 Å². The predicted octanol–water partition coefficient (Wildman–Crippen LogP) is 1.23. The minimum atomic E-state index is -2.47. The molecular formula is C10H18F2N2O. The number of nitrogens with two attached hydrogens (primary N) is 1. The van der Waals surface area contributed by atoms with Crippen LogP contribution in [0.15, 0.2) is 0 Å². The molecule has 0 unspecified atom stereocenters. The largest absolute Gasteiger partial charge is 0.336 e. The molecule has 0 saturated heterocycles. The van der Waals surface area contributed by atoms with Crippen molar-refractivity contribution in [3.8, 4) is 0 Å². The summed E-state index contributed by atoms with van der Waals surface area (Å²) in [5.74, 6) is 0.237. The SMILES string of the molecule is NCCN(CC(F)F)C(=O)CC1CCC1. The number of hydrogen-bond donors (Lipinski definition) is 1. The molecule has 1 aliphatic carbocycles. The molecule has 0 atom stereocenters. The summed E-state index contributed by atoms with van der Waals surface area (Å²) < 4.78 is 24.3. The van der Waals surface area contributed by atoms with Gasteiger partial charge >= 0.3 is 0 Å². The lowest BCUT2D eigenvalue weighted by Gasteiger charge is -2.28. The van der Waals surface area contributed by atoms with Crippen LogP contribution in [0, 0.1) is 5.92 Å². The lowest BCUT2D eigenvalue weighted by molar-refractivity contribution is -0.134. The molecule has 1 rings (SSSR count). The van der Waals surface area contributed by atoms with Crippen LogP contribution in [0.4, 0.5) is 8.78 Å². The highest BCUT2D eigenvalue weighted by molar-refractivity contribution is 5.76. The second-order valence-electron chi connectivity index (χ2n) is 4.02. The molecule has 0 aromatic carbocycles. The van der Waals surface area contributed by atoms with E-state index >= 15 is 0 Å². The van der Waals surface area contributed by atoms with E-state index in [1.54, 1.807) is 0 Å². The Labute approximate surface area is 88.6 Å². The third-order valence-corrected chi connectivity index (χ3v) is 2.80. The predicted molar refractivity (Wildman–Crippen MR) is 53.6 cm³/mol. The van der Waals surface area contributed by atoms with E-state index in [4.69, 9.17) is 5.73 Å². The van der Waals surface area contributed by atoms with E-state index in [1.165, 1.54) is 4.90 Å². The number of halogens is 2. The van der Waals surface area contributed by atoms with E-state index < -0.39 is 13.0 Å². The average molecular weight is 220 g/mol. The van der Waals surface area contributed by atoms with Gasteiger partial charge in [0.2, 0.25) is 5.91 Å². The molecule has 1 amide bonds. The van der Waals surface area contributed by atoms with E-state index in [1.807, 2.05) is 0 Å². The lowest BCUT2D eigenvalue weighted by atomic mass is 9.82. The Balaban J connectivity index is 2.34. The maximum atomic E-state index is 12.2. The zero-order valence-corrected chi connectivity index (χ0v) is 8.79. The summed E-state index contributed by atoms with van der Waals surface area (Å²) in [5, 5.41) is 0. The van der Waals surface area contributed by atoms with E-state index in [2.05, 4.69) is 0 Å². The highest BCUT2D eigenvalue weighted by Gasteiger charge is 2.24. The molecule has 2 N–H and O–H groups in total. The van der Waals surface area contributed by atoms with Crippen molar-refractivity contribution in [1.29, 1.82) is 0 Å². The third kappa shape index (κ3) is 4.11. The molecule has 0 radical (unpaired) electrons. The molecule has 1 saturated carbocycles. The third-order valence-electron chi connectivity index (χ3n) is 2.80. The van der Waals surface area contributed by atoms with Crippen LogP contribution < -0.4 is 5.73 Å². The van der Waals surface area contributed by atoms with E-state index in [-0.39, 0.29) is 19.0 Å². The highest BCUT2D eigenvalue weighted by atomic mass is 19.3. The first kappa shape index (κ1) is 12.4. The van der Waals surface area contributed by atoms with Gasteiger partial charge in [0.05, 0.1) is 6.54 Å². The Morgan fingerprint density at radius 2 is 2.13 bits per heavy atom. The Hall–Kier alpha value is -0.710. The van der Waals surface area contributed by atoms with Gasteiger partial charge in [-0.1, -0.05) is 6.42 Å². The molecule has 0 heterocycles. The number of nitrogens with zero attached hydrogens (tertiary/aromatic N) is 1. The Morgan fingerprint density at radius 3 is 2.53 bits per heavy atom.